The maximum absolute atomic E-state index is 5.97. The van der Waals surface area contributed by atoms with Crippen LogP contribution in [0.3, 0.4) is 0 Å². The molecule has 0 heterocycles. The first-order valence-corrected chi connectivity index (χ1v) is 5.26. The molecule has 0 saturated carbocycles. The Bertz CT molecular complexity index is 340. The lowest BCUT2D eigenvalue weighted by Gasteiger charge is -2.15. The largest absolute Gasteiger partial charge is 0.494 e. The van der Waals surface area contributed by atoms with Crippen molar-refractivity contribution in [2.24, 2.45) is 5.73 Å². The molecule has 0 aliphatic heterocycles. The van der Waals surface area contributed by atoms with Crippen LogP contribution >= 0.6 is 11.6 Å². The molecular weight excluding hydrogens is 212 g/mol. The highest BCUT2D eigenvalue weighted by Gasteiger charge is 2.08. The molecule has 0 fully saturated rings. The molecule has 0 aliphatic carbocycles. The van der Waals surface area contributed by atoms with Crippen molar-refractivity contribution in [3.05, 3.63) is 22.7 Å². The van der Waals surface area contributed by atoms with Gasteiger partial charge in [0.15, 0.2) is 0 Å². The van der Waals surface area contributed by atoms with E-state index >= 15 is 0 Å². The van der Waals surface area contributed by atoms with Crippen LogP contribution in [0.25, 0.3) is 0 Å². The molecular formula is C11H17ClN2O. The van der Waals surface area contributed by atoms with Gasteiger partial charge in [-0.2, -0.15) is 0 Å². The van der Waals surface area contributed by atoms with Gasteiger partial charge in [0.05, 0.1) is 12.8 Å². The van der Waals surface area contributed by atoms with Gasteiger partial charge in [-0.25, -0.2) is 0 Å². The van der Waals surface area contributed by atoms with Crippen molar-refractivity contribution in [2.45, 2.75) is 19.9 Å². The molecule has 1 unspecified atom stereocenters. The highest BCUT2D eigenvalue weighted by molar-refractivity contribution is 6.31. The van der Waals surface area contributed by atoms with E-state index < -0.39 is 0 Å². The molecule has 84 valence electrons. The number of ether oxygens (including phenoxy) is 1. The average Bonchev–Trinajstić information content (AvgIpc) is 2.13. The van der Waals surface area contributed by atoms with Crippen LogP contribution in [0.4, 0.5) is 5.69 Å². The molecule has 0 bridgehead atoms. The van der Waals surface area contributed by atoms with Crippen LogP contribution in [0, 0.1) is 6.92 Å². The van der Waals surface area contributed by atoms with Crippen molar-refractivity contribution < 1.29 is 4.74 Å². The first-order valence-electron chi connectivity index (χ1n) is 4.88. The summed E-state index contributed by atoms with van der Waals surface area (Å²) in [5, 5.41) is 3.91. The number of rotatable bonds is 4. The number of hydrogen-bond donors (Lipinski definition) is 2. The molecule has 1 aromatic carbocycles. The summed E-state index contributed by atoms with van der Waals surface area (Å²) in [5.41, 5.74) is 7.57. The number of methoxy groups -OCH3 is 1. The van der Waals surface area contributed by atoms with Crippen molar-refractivity contribution >= 4 is 17.3 Å². The van der Waals surface area contributed by atoms with Gasteiger partial charge in [-0.05, 0) is 31.5 Å². The van der Waals surface area contributed by atoms with E-state index in [9.17, 15) is 0 Å². The zero-order chi connectivity index (χ0) is 11.4. The van der Waals surface area contributed by atoms with Crippen LogP contribution in [0.15, 0.2) is 12.1 Å². The van der Waals surface area contributed by atoms with Crippen molar-refractivity contribution in [1.29, 1.82) is 0 Å². The third kappa shape index (κ3) is 3.29. The normalized spacial score (nSPS) is 12.3. The molecule has 0 spiro atoms. The third-order valence-electron chi connectivity index (χ3n) is 2.06. The zero-order valence-corrected chi connectivity index (χ0v) is 10.1. The van der Waals surface area contributed by atoms with Gasteiger partial charge in [0.1, 0.15) is 5.75 Å². The van der Waals surface area contributed by atoms with Crippen LogP contribution in [0.2, 0.25) is 5.02 Å². The predicted octanol–water partition coefficient (Wildman–Crippen LogP) is 2.42. The summed E-state index contributed by atoms with van der Waals surface area (Å²) < 4.78 is 5.30. The topological polar surface area (TPSA) is 47.3 Å². The van der Waals surface area contributed by atoms with Gasteiger partial charge in [-0.15, -0.1) is 0 Å². The fourth-order valence-electron chi connectivity index (χ4n) is 1.40. The molecule has 1 atom stereocenters. The number of nitrogens with two attached hydrogens (primary N) is 1. The van der Waals surface area contributed by atoms with E-state index in [0.717, 1.165) is 17.0 Å². The van der Waals surface area contributed by atoms with Gasteiger partial charge in [0, 0.05) is 17.6 Å². The number of benzene rings is 1. The van der Waals surface area contributed by atoms with Gasteiger partial charge in [0.2, 0.25) is 0 Å². The van der Waals surface area contributed by atoms with E-state index in [0.29, 0.717) is 11.6 Å². The number of hydrogen-bond acceptors (Lipinski definition) is 3. The predicted molar refractivity (Wildman–Crippen MR) is 64.9 cm³/mol. The van der Waals surface area contributed by atoms with Crippen molar-refractivity contribution in [3.8, 4) is 5.75 Å². The van der Waals surface area contributed by atoms with Crippen LogP contribution in [-0.4, -0.2) is 19.7 Å². The molecule has 0 radical (unpaired) electrons. The van der Waals surface area contributed by atoms with E-state index in [-0.39, 0.29) is 6.04 Å². The minimum Gasteiger partial charge on any atom is -0.494 e. The van der Waals surface area contributed by atoms with Crippen LogP contribution < -0.4 is 15.8 Å². The molecule has 1 aromatic rings. The van der Waals surface area contributed by atoms with E-state index in [1.165, 1.54) is 0 Å². The monoisotopic (exact) mass is 228 g/mol. The summed E-state index contributed by atoms with van der Waals surface area (Å²) in [6.45, 7) is 4.59. The van der Waals surface area contributed by atoms with E-state index in [1.807, 2.05) is 26.0 Å². The second-order valence-electron chi connectivity index (χ2n) is 3.66. The van der Waals surface area contributed by atoms with Gasteiger partial charge in [0.25, 0.3) is 0 Å². The van der Waals surface area contributed by atoms with E-state index in [1.54, 1.807) is 7.11 Å². The molecule has 0 aromatic heterocycles. The fourth-order valence-corrected chi connectivity index (χ4v) is 1.68. The minimum absolute atomic E-state index is 0.0917. The SMILES string of the molecule is COc1c(C)cc(Cl)cc1NCC(C)N. The average molecular weight is 229 g/mol. The van der Waals surface area contributed by atoms with Gasteiger partial charge < -0.3 is 15.8 Å². The Morgan fingerprint density at radius 1 is 1.53 bits per heavy atom. The second kappa shape index (κ2) is 5.24. The van der Waals surface area contributed by atoms with Gasteiger partial charge in [-0.1, -0.05) is 11.6 Å². The van der Waals surface area contributed by atoms with Gasteiger partial charge in [-0.3, -0.25) is 0 Å². The molecule has 4 heteroatoms. The Hall–Kier alpha value is -0.930. The van der Waals surface area contributed by atoms with Crippen molar-refractivity contribution in [3.63, 3.8) is 0 Å². The number of aryl methyl sites for hydroxylation is 1. The highest BCUT2D eigenvalue weighted by Crippen LogP contribution is 2.31. The molecule has 0 saturated heterocycles. The van der Waals surface area contributed by atoms with Gasteiger partial charge >= 0.3 is 0 Å². The molecule has 3 N–H and O–H groups in total. The van der Waals surface area contributed by atoms with Crippen LogP contribution in [-0.2, 0) is 0 Å². The summed E-state index contributed by atoms with van der Waals surface area (Å²) in [7, 11) is 1.65. The Morgan fingerprint density at radius 3 is 2.73 bits per heavy atom. The summed E-state index contributed by atoms with van der Waals surface area (Å²) in [5.74, 6) is 0.819. The van der Waals surface area contributed by atoms with Crippen LogP contribution in [0.1, 0.15) is 12.5 Å². The van der Waals surface area contributed by atoms with E-state index in [2.05, 4.69) is 5.32 Å². The number of nitrogens with one attached hydrogen (secondary N) is 1. The molecule has 15 heavy (non-hydrogen) atoms. The minimum atomic E-state index is 0.0917. The van der Waals surface area contributed by atoms with Crippen LogP contribution in [0.5, 0.6) is 5.75 Å². The summed E-state index contributed by atoms with van der Waals surface area (Å²) in [6.07, 6.45) is 0. The lowest BCUT2D eigenvalue weighted by molar-refractivity contribution is 0.413. The van der Waals surface area contributed by atoms with E-state index in [4.69, 9.17) is 22.1 Å². The molecule has 0 amide bonds. The third-order valence-corrected chi connectivity index (χ3v) is 2.28. The lowest BCUT2D eigenvalue weighted by atomic mass is 10.2. The Balaban J connectivity index is 2.93. The molecule has 3 nitrogen and oxygen atoms in total. The van der Waals surface area contributed by atoms with Crippen molar-refractivity contribution in [1.82, 2.24) is 0 Å². The Morgan fingerprint density at radius 2 is 2.20 bits per heavy atom. The number of halogens is 1. The Kier molecular flexibility index (Phi) is 4.24. The van der Waals surface area contributed by atoms with Crippen molar-refractivity contribution in [2.75, 3.05) is 19.0 Å². The summed E-state index contributed by atoms with van der Waals surface area (Å²) in [6, 6.07) is 3.81. The standard InChI is InChI=1S/C11H17ClN2O/c1-7-4-9(12)5-10(11(7)15-3)14-6-8(2)13/h4-5,8,14H,6,13H2,1-3H3. The first kappa shape index (κ1) is 12.1. The number of anilines is 1. The zero-order valence-electron chi connectivity index (χ0n) is 9.30. The Labute approximate surface area is 95.6 Å². The first-order chi connectivity index (χ1) is 7.04. The highest BCUT2D eigenvalue weighted by atomic mass is 35.5. The quantitative estimate of drug-likeness (QED) is 0.832. The molecule has 1 rings (SSSR count). The summed E-state index contributed by atoms with van der Waals surface area (Å²) >= 11 is 5.97. The second-order valence-corrected chi connectivity index (χ2v) is 4.10. The summed E-state index contributed by atoms with van der Waals surface area (Å²) in [4.78, 5) is 0. The fraction of sp³-hybridized carbons (Fsp3) is 0.455. The smallest absolute Gasteiger partial charge is 0.144 e. The maximum Gasteiger partial charge on any atom is 0.144 e. The maximum atomic E-state index is 5.97. The lowest BCUT2D eigenvalue weighted by Crippen LogP contribution is -2.25. The molecule has 0 aliphatic rings.